The van der Waals surface area contributed by atoms with E-state index in [-0.39, 0.29) is 11.5 Å². The summed E-state index contributed by atoms with van der Waals surface area (Å²) < 4.78 is 0. The normalized spacial score (nSPS) is 10.0. The smallest absolute Gasteiger partial charge is 0.160 e. The molecule has 0 aliphatic heterocycles. The van der Waals surface area contributed by atoms with Gasteiger partial charge in [0.2, 0.25) is 0 Å². The highest BCUT2D eigenvalue weighted by atomic mass is 35.5. The summed E-state index contributed by atoms with van der Waals surface area (Å²) in [5.74, 6) is -0.230. The van der Waals surface area contributed by atoms with Crippen molar-refractivity contribution in [3.05, 3.63) is 22.7 Å². The van der Waals surface area contributed by atoms with Crippen LogP contribution in [-0.4, -0.2) is 10.2 Å². The van der Waals surface area contributed by atoms with E-state index in [1.54, 1.807) is 6.07 Å². The molecule has 60 valence electrons. The van der Waals surface area contributed by atoms with Crippen LogP contribution >= 0.6 is 11.6 Å². The zero-order chi connectivity index (χ0) is 8.43. The van der Waals surface area contributed by atoms with E-state index in [4.69, 9.17) is 16.7 Å². The summed E-state index contributed by atoms with van der Waals surface area (Å²) >= 11 is 5.63. The van der Waals surface area contributed by atoms with Crippen molar-refractivity contribution in [3.8, 4) is 11.5 Å². The summed E-state index contributed by atoms with van der Waals surface area (Å²) in [7, 11) is 0. The van der Waals surface area contributed by atoms with Crippen LogP contribution in [0, 0.1) is 0 Å². The molecule has 2 N–H and O–H groups in total. The molecule has 0 amide bonds. The van der Waals surface area contributed by atoms with Gasteiger partial charge >= 0.3 is 0 Å². The van der Waals surface area contributed by atoms with E-state index >= 15 is 0 Å². The molecule has 0 saturated carbocycles. The minimum atomic E-state index is -0.158. The van der Waals surface area contributed by atoms with Crippen molar-refractivity contribution in [2.45, 2.75) is 13.3 Å². The van der Waals surface area contributed by atoms with Crippen molar-refractivity contribution >= 4 is 11.6 Å². The number of benzene rings is 1. The molecule has 1 aromatic carbocycles. The monoisotopic (exact) mass is 172 g/mol. The predicted molar refractivity (Wildman–Crippen MR) is 44.2 cm³/mol. The molecule has 0 saturated heterocycles. The van der Waals surface area contributed by atoms with Crippen LogP contribution in [-0.2, 0) is 6.42 Å². The molecule has 0 radical (unpaired) electrons. The maximum Gasteiger partial charge on any atom is 0.160 e. The third kappa shape index (κ3) is 1.57. The van der Waals surface area contributed by atoms with Gasteiger partial charge in [-0.15, -0.1) is 0 Å². The highest BCUT2D eigenvalue weighted by molar-refractivity contribution is 6.30. The molecule has 1 aromatic rings. The fourth-order valence-corrected chi connectivity index (χ4v) is 1.14. The summed E-state index contributed by atoms with van der Waals surface area (Å²) in [4.78, 5) is 0. The molecular formula is C8H9ClO2. The maximum atomic E-state index is 9.21. The fourth-order valence-electron chi connectivity index (χ4n) is 0.909. The molecule has 0 unspecified atom stereocenters. The molecule has 0 bridgehead atoms. The average Bonchev–Trinajstić information content (AvgIpc) is 1.96. The number of phenolic OH excluding ortho intramolecular Hbond substituents is 2. The Kier molecular flexibility index (Phi) is 2.25. The number of halogens is 1. The van der Waals surface area contributed by atoms with E-state index in [1.807, 2.05) is 6.92 Å². The van der Waals surface area contributed by atoms with Crippen LogP contribution in [0.1, 0.15) is 12.5 Å². The zero-order valence-electron chi connectivity index (χ0n) is 6.13. The van der Waals surface area contributed by atoms with Crippen LogP contribution in [0.2, 0.25) is 5.02 Å². The Labute approximate surface area is 70.1 Å². The number of hydrogen-bond acceptors (Lipinski definition) is 2. The van der Waals surface area contributed by atoms with Crippen LogP contribution in [0.15, 0.2) is 12.1 Å². The fraction of sp³-hybridized carbons (Fsp3) is 0.250. The first-order valence-electron chi connectivity index (χ1n) is 3.35. The number of hydrogen-bond donors (Lipinski definition) is 2. The van der Waals surface area contributed by atoms with E-state index in [2.05, 4.69) is 0 Å². The molecule has 0 aliphatic rings. The van der Waals surface area contributed by atoms with Gasteiger partial charge in [-0.3, -0.25) is 0 Å². The highest BCUT2D eigenvalue weighted by Gasteiger charge is 2.05. The van der Waals surface area contributed by atoms with Crippen molar-refractivity contribution < 1.29 is 10.2 Å². The quantitative estimate of drug-likeness (QED) is 0.639. The molecule has 2 nitrogen and oxygen atoms in total. The summed E-state index contributed by atoms with van der Waals surface area (Å²) in [5.41, 5.74) is 0.662. The molecule has 11 heavy (non-hydrogen) atoms. The molecule has 0 aliphatic carbocycles. The highest BCUT2D eigenvalue weighted by Crippen LogP contribution is 2.32. The zero-order valence-corrected chi connectivity index (χ0v) is 6.89. The summed E-state index contributed by atoms with van der Waals surface area (Å²) in [6.45, 7) is 1.88. The molecule has 0 heterocycles. The minimum Gasteiger partial charge on any atom is -0.504 e. The standard InChI is InChI=1S/C8H9ClO2/c1-2-5-3-6(9)4-7(10)8(5)11/h3-4,10-11H,2H2,1H3. The molecule has 0 fully saturated rings. The van der Waals surface area contributed by atoms with E-state index in [9.17, 15) is 5.11 Å². The van der Waals surface area contributed by atoms with Gasteiger partial charge in [0, 0.05) is 11.1 Å². The molecule has 0 atom stereocenters. The summed E-state index contributed by atoms with van der Waals surface area (Å²) in [5, 5.41) is 18.7. The SMILES string of the molecule is CCc1cc(Cl)cc(O)c1O. The lowest BCUT2D eigenvalue weighted by Crippen LogP contribution is -1.81. The largest absolute Gasteiger partial charge is 0.504 e. The van der Waals surface area contributed by atoms with Crippen molar-refractivity contribution in [1.29, 1.82) is 0 Å². The molecular weight excluding hydrogens is 164 g/mol. The lowest BCUT2D eigenvalue weighted by molar-refractivity contribution is 0.400. The van der Waals surface area contributed by atoms with Gasteiger partial charge in [0.05, 0.1) is 0 Å². The van der Waals surface area contributed by atoms with Gasteiger partial charge in [-0.05, 0) is 18.1 Å². The van der Waals surface area contributed by atoms with Gasteiger partial charge in [0.25, 0.3) is 0 Å². The number of rotatable bonds is 1. The summed E-state index contributed by atoms with van der Waals surface area (Å²) in [6.07, 6.45) is 0.653. The van der Waals surface area contributed by atoms with Gasteiger partial charge in [-0.2, -0.15) is 0 Å². The van der Waals surface area contributed by atoms with E-state index in [1.165, 1.54) is 6.07 Å². The number of phenols is 2. The lowest BCUT2D eigenvalue weighted by Gasteiger charge is -2.03. The minimum absolute atomic E-state index is 0.0723. The second-order valence-electron chi connectivity index (χ2n) is 2.29. The second kappa shape index (κ2) is 3.01. The van der Waals surface area contributed by atoms with E-state index < -0.39 is 0 Å². The maximum absolute atomic E-state index is 9.21. The van der Waals surface area contributed by atoms with Crippen LogP contribution < -0.4 is 0 Å². The third-order valence-corrected chi connectivity index (χ3v) is 1.73. The predicted octanol–water partition coefficient (Wildman–Crippen LogP) is 2.31. The van der Waals surface area contributed by atoms with E-state index in [0.717, 1.165) is 0 Å². The Balaban J connectivity index is 3.24. The van der Waals surface area contributed by atoms with Crippen LogP contribution in [0.3, 0.4) is 0 Å². The molecule has 1 rings (SSSR count). The molecule has 0 spiro atoms. The number of aryl methyl sites for hydroxylation is 1. The molecule has 0 aromatic heterocycles. The van der Waals surface area contributed by atoms with Crippen molar-refractivity contribution in [2.75, 3.05) is 0 Å². The van der Waals surface area contributed by atoms with Crippen LogP contribution in [0.5, 0.6) is 11.5 Å². The van der Waals surface area contributed by atoms with Gasteiger partial charge in [-0.1, -0.05) is 18.5 Å². The Morgan fingerprint density at radius 1 is 1.36 bits per heavy atom. The first kappa shape index (κ1) is 8.21. The van der Waals surface area contributed by atoms with Gasteiger partial charge in [0.1, 0.15) is 0 Å². The Hall–Kier alpha value is -0.890. The van der Waals surface area contributed by atoms with E-state index in [0.29, 0.717) is 17.0 Å². The van der Waals surface area contributed by atoms with Crippen molar-refractivity contribution in [3.63, 3.8) is 0 Å². The third-order valence-electron chi connectivity index (χ3n) is 1.51. The van der Waals surface area contributed by atoms with Gasteiger partial charge < -0.3 is 10.2 Å². The lowest BCUT2D eigenvalue weighted by atomic mass is 10.1. The van der Waals surface area contributed by atoms with Crippen molar-refractivity contribution in [1.82, 2.24) is 0 Å². The summed E-state index contributed by atoms with van der Waals surface area (Å²) in [6, 6.07) is 2.95. The average molecular weight is 173 g/mol. The molecule has 3 heteroatoms. The Bertz CT molecular complexity index is 271. The second-order valence-corrected chi connectivity index (χ2v) is 2.72. The van der Waals surface area contributed by atoms with Crippen molar-refractivity contribution in [2.24, 2.45) is 0 Å². The first-order valence-corrected chi connectivity index (χ1v) is 3.73. The first-order chi connectivity index (χ1) is 5.15. The topological polar surface area (TPSA) is 40.5 Å². The Morgan fingerprint density at radius 3 is 2.55 bits per heavy atom. The van der Waals surface area contributed by atoms with Gasteiger partial charge in [0.15, 0.2) is 11.5 Å². The van der Waals surface area contributed by atoms with Crippen LogP contribution in [0.4, 0.5) is 0 Å². The number of aromatic hydroxyl groups is 2. The van der Waals surface area contributed by atoms with Gasteiger partial charge in [-0.25, -0.2) is 0 Å². The van der Waals surface area contributed by atoms with Crippen LogP contribution in [0.25, 0.3) is 0 Å². The Morgan fingerprint density at radius 2 is 2.00 bits per heavy atom.